The molecule has 0 heterocycles. The molecular weight excluding hydrogens is 342 g/mol. The Morgan fingerprint density at radius 1 is 1.12 bits per heavy atom. The molecule has 0 saturated carbocycles. The molecule has 2 rings (SSSR count). The fraction of sp³-hybridized carbons (Fsp3) is 0.0714. The summed E-state index contributed by atoms with van der Waals surface area (Å²) in [5.74, 6) is -0.653. The predicted octanol–water partition coefficient (Wildman–Crippen LogP) is 2.83. The number of carbonyl (C=O) groups excluding carboxylic acids is 1. The molecule has 0 aliphatic carbocycles. The standard InChI is InChI=1S/C14H10ClN3O6/c15-11-6-10(17(20)21)3-4-13(11)24-7-9-2-1-8(14(16)19)5-12(9)18(22)23/h1-6H,7H2,(H2,16,19). The third-order valence-electron chi connectivity index (χ3n) is 3.08. The summed E-state index contributed by atoms with van der Waals surface area (Å²) in [6.07, 6.45) is 0. The smallest absolute Gasteiger partial charge is 0.276 e. The first kappa shape index (κ1) is 17.2. The molecule has 2 aromatic carbocycles. The zero-order chi connectivity index (χ0) is 17.9. The van der Waals surface area contributed by atoms with Crippen LogP contribution in [0.5, 0.6) is 5.75 Å². The normalized spacial score (nSPS) is 10.2. The maximum Gasteiger partial charge on any atom is 0.276 e. The number of non-ortho nitro benzene ring substituents is 1. The Labute approximate surface area is 139 Å². The van der Waals surface area contributed by atoms with Crippen LogP contribution in [-0.4, -0.2) is 15.8 Å². The molecule has 0 radical (unpaired) electrons. The van der Waals surface area contributed by atoms with Crippen LogP contribution in [0.15, 0.2) is 36.4 Å². The van der Waals surface area contributed by atoms with Crippen molar-refractivity contribution in [3.05, 3.63) is 72.8 Å². The van der Waals surface area contributed by atoms with Crippen LogP contribution in [0.1, 0.15) is 15.9 Å². The van der Waals surface area contributed by atoms with Gasteiger partial charge < -0.3 is 10.5 Å². The van der Waals surface area contributed by atoms with Gasteiger partial charge in [-0.05, 0) is 18.2 Å². The Bertz CT molecular complexity index is 839. The zero-order valence-corrected chi connectivity index (χ0v) is 12.7. The lowest BCUT2D eigenvalue weighted by atomic mass is 10.1. The van der Waals surface area contributed by atoms with Crippen LogP contribution in [0.25, 0.3) is 0 Å². The van der Waals surface area contributed by atoms with Crippen LogP contribution in [-0.2, 0) is 6.61 Å². The van der Waals surface area contributed by atoms with Gasteiger partial charge in [-0.2, -0.15) is 0 Å². The second kappa shape index (κ2) is 6.92. The van der Waals surface area contributed by atoms with Gasteiger partial charge in [-0.1, -0.05) is 11.6 Å². The highest BCUT2D eigenvalue weighted by Crippen LogP contribution is 2.30. The lowest BCUT2D eigenvalue weighted by Gasteiger charge is -2.09. The Balaban J connectivity index is 2.24. The van der Waals surface area contributed by atoms with E-state index in [1.54, 1.807) is 0 Å². The quantitative estimate of drug-likeness (QED) is 0.627. The molecule has 124 valence electrons. The molecule has 24 heavy (non-hydrogen) atoms. The minimum Gasteiger partial charge on any atom is -0.487 e. The molecule has 1 amide bonds. The summed E-state index contributed by atoms with van der Waals surface area (Å²) in [6.45, 7) is -0.215. The number of rotatable bonds is 6. The van der Waals surface area contributed by atoms with E-state index >= 15 is 0 Å². The lowest BCUT2D eigenvalue weighted by molar-refractivity contribution is -0.385. The van der Waals surface area contributed by atoms with Gasteiger partial charge in [0.2, 0.25) is 5.91 Å². The van der Waals surface area contributed by atoms with E-state index in [1.807, 2.05) is 0 Å². The Morgan fingerprint density at radius 3 is 2.38 bits per heavy atom. The van der Waals surface area contributed by atoms with Gasteiger partial charge in [0.1, 0.15) is 12.4 Å². The summed E-state index contributed by atoms with van der Waals surface area (Å²) >= 11 is 5.88. The maximum atomic E-state index is 11.1. The van der Waals surface area contributed by atoms with E-state index in [0.29, 0.717) is 0 Å². The largest absolute Gasteiger partial charge is 0.487 e. The number of amides is 1. The number of nitro benzene ring substituents is 2. The van der Waals surface area contributed by atoms with E-state index in [9.17, 15) is 25.0 Å². The van der Waals surface area contributed by atoms with E-state index in [-0.39, 0.29) is 39.9 Å². The van der Waals surface area contributed by atoms with Gasteiger partial charge in [0.15, 0.2) is 0 Å². The van der Waals surface area contributed by atoms with Crippen molar-refractivity contribution in [2.24, 2.45) is 5.73 Å². The second-order valence-corrected chi connectivity index (χ2v) is 5.03. The second-order valence-electron chi connectivity index (χ2n) is 4.63. The van der Waals surface area contributed by atoms with Crippen molar-refractivity contribution in [1.29, 1.82) is 0 Å². The topological polar surface area (TPSA) is 139 Å². The van der Waals surface area contributed by atoms with Crippen molar-refractivity contribution < 1.29 is 19.4 Å². The van der Waals surface area contributed by atoms with E-state index in [4.69, 9.17) is 22.1 Å². The van der Waals surface area contributed by atoms with Gasteiger partial charge >= 0.3 is 0 Å². The number of nitro groups is 2. The number of primary amides is 1. The number of hydrogen-bond donors (Lipinski definition) is 1. The van der Waals surface area contributed by atoms with Crippen molar-refractivity contribution in [3.8, 4) is 5.75 Å². The Kier molecular flexibility index (Phi) is 4.95. The van der Waals surface area contributed by atoms with Crippen LogP contribution >= 0.6 is 11.6 Å². The maximum absolute atomic E-state index is 11.1. The van der Waals surface area contributed by atoms with Gasteiger partial charge in [0.25, 0.3) is 11.4 Å². The molecular formula is C14H10ClN3O6. The zero-order valence-electron chi connectivity index (χ0n) is 12.0. The fourth-order valence-electron chi connectivity index (χ4n) is 1.89. The number of nitrogens with two attached hydrogens (primary N) is 1. The molecule has 0 aliphatic rings. The van der Waals surface area contributed by atoms with Crippen molar-refractivity contribution >= 4 is 28.9 Å². The first-order chi connectivity index (χ1) is 11.3. The first-order valence-electron chi connectivity index (χ1n) is 6.43. The van der Waals surface area contributed by atoms with Crippen molar-refractivity contribution in [2.75, 3.05) is 0 Å². The lowest BCUT2D eigenvalue weighted by Crippen LogP contribution is -2.12. The Hall–Kier alpha value is -3.20. The van der Waals surface area contributed by atoms with E-state index in [0.717, 1.165) is 12.1 Å². The molecule has 9 nitrogen and oxygen atoms in total. The minimum atomic E-state index is -0.788. The van der Waals surface area contributed by atoms with E-state index in [1.165, 1.54) is 24.3 Å². The van der Waals surface area contributed by atoms with Gasteiger partial charge in [0.05, 0.1) is 20.4 Å². The summed E-state index contributed by atoms with van der Waals surface area (Å²) in [6, 6.07) is 7.35. The predicted molar refractivity (Wildman–Crippen MR) is 84.1 cm³/mol. The highest BCUT2D eigenvalue weighted by Gasteiger charge is 2.18. The average Bonchev–Trinajstić information content (AvgIpc) is 2.53. The summed E-state index contributed by atoms with van der Waals surface area (Å²) in [5, 5.41) is 21.7. The SMILES string of the molecule is NC(=O)c1ccc(COc2ccc([N+](=O)[O-])cc2Cl)c([N+](=O)[O-])c1. The average molecular weight is 352 g/mol. The first-order valence-corrected chi connectivity index (χ1v) is 6.81. The molecule has 0 aromatic heterocycles. The number of benzene rings is 2. The number of nitrogens with zero attached hydrogens (tertiary/aromatic N) is 2. The van der Waals surface area contributed by atoms with Crippen LogP contribution in [0.4, 0.5) is 11.4 Å². The highest BCUT2D eigenvalue weighted by atomic mass is 35.5. The van der Waals surface area contributed by atoms with Crippen molar-refractivity contribution in [1.82, 2.24) is 0 Å². The van der Waals surface area contributed by atoms with Gasteiger partial charge in [0, 0.05) is 23.8 Å². The molecule has 0 aliphatic heterocycles. The number of ether oxygens (including phenoxy) is 1. The number of halogens is 1. The number of carbonyl (C=O) groups is 1. The van der Waals surface area contributed by atoms with Crippen LogP contribution in [0.3, 0.4) is 0 Å². The van der Waals surface area contributed by atoms with Gasteiger partial charge in [-0.25, -0.2) is 0 Å². The molecule has 2 N–H and O–H groups in total. The fourth-order valence-corrected chi connectivity index (χ4v) is 2.11. The van der Waals surface area contributed by atoms with Gasteiger partial charge in [-0.3, -0.25) is 25.0 Å². The summed E-state index contributed by atoms with van der Waals surface area (Å²) in [5.41, 5.74) is 4.75. The monoisotopic (exact) mass is 351 g/mol. The third-order valence-corrected chi connectivity index (χ3v) is 3.37. The van der Waals surface area contributed by atoms with Gasteiger partial charge in [-0.15, -0.1) is 0 Å². The molecule has 10 heteroatoms. The molecule has 2 aromatic rings. The van der Waals surface area contributed by atoms with E-state index < -0.39 is 15.8 Å². The van der Waals surface area contributed by atoms with Crippen molar-refractivity contribution in [2.45, 2.75) is 6.61 Å². The molecule has 0 unspecified atom stereocenters. The van der Waals surface area contributed by atoms with Crippen LogP contribution < -0.4 is 10.5 Å². The van der Waals surface area contributed by atoms with Crippen LogP contribution in [0, 0.1) is 20.2 Å². The Morgan fingerprint density at radius 2 is 1.83 bits per heavy atom. The summed E-state index contributed by atoms with van der Waals surface area (Å²) in [7, 11) is 0. The van der Waals surface area contributed by atoms with Crippen LogP contribution in [0.2, 0.25) is 5.02 Å². The highest BCUT2D eigenvalue weighted by molar-refractivity contribution is 6.32. The summed E-state index contributed by atoms with van der Waals surface area (Å²) < 4.78 is 5.37. The molecule has 0 fully saturated rings. The summed E-state index contributed by atoms with van der Waals surface area (Å²) in [4.78, 5) is 31.6. The molecule has 0 atom stereocenters. The van der Waals surface area contributed by atoms with E-state index in [2.05, 4.69) is 0 Å². The minimum absolute atomic E-state index is 0.000564. The molecule has 0 saturated heterocycles. The van der Waals surface area contributed by atoms with Crippen molar-refractivity contribution in [3.63, 3.8) is 0 Å². The third kappa shape index (κ3) is 3.76. The molecule has 0 spiro atoms. The molecule has 0 bridgehead atoms. The number of hydrogen-bond acceptors (Lipinski definition) is 6.